The minimum absolute atomic E-state index is 0.0721. The Morgan fingerprint density at radius 3 is 1.91 bits per heavy atom. The lowest BCUT2D eigenvalue weighted by Crippen LogP contribution is -2.47. The monoisotopic (exact) mass is 458 g/mol. The highest BCUT2D eigenvalue weighted by molar-refractivity contribution is 5.76. The number of amides is 1. The van der Waals surface area contributed by atoms with Crippen LogP contribution in [0.5, 0.6) is 0 Å². The fraction of sp³-hybridized carbons (Fsp3) is 0.759. The van der Waals surface area contributed by atoms with E-state index in [0.29, 0.717) is 12.8 Å². The Morgan fingerprint density at radius 1 is 0.848 bits per heavy atom. The number of aliphatic hydroxyl groups is 1. The van der Waals surface area contributed by atoms with Gasteiger partial charge in [-0.15, -0.1) is 0 Å². The zero-order valence-electron chi connectivity index (χ0n) is 21.3. The maximum atomic E-state index is 12.6. The molecule has 1 amide bonds. The summed E-state index contributed by atoms with van der Waals surface area (Å²) >= 11 is 0. The second kappa shape index (κ2) is 18.0. The molecular weight excluding hydrogens is 408 g/mol. The minimum Gasteiger partial charge on any atom is -0.388 e. The summed E-state index contributed by atoms with van der Waals surface area (Å²) in [4.78, 5) is 14.9. The Labute approximate surface area is 203 Å². The van der Waals surface area contributed by atoms with Gasteiger partial charge in [0.15, 0.2) is 0 Å². The van der Waals surface area contributed by atoms with Gasteiger partial charge in [0.2, 0.25) is 5.91 Å². The highest BCUT2D eigenvalue weighted by Gasteiger charge is 2.26. The molecular formula is C29H50N2O2. The molecule has 2 N–H and O–H groups in total. The van der Waals surface area contributed by atoms with Crippen molar-refractivity contribution in [3.05, 3.63) is 35.9 Å². The summed E-state index contributed by atoms with van der Waals surface area (Å²) in [5, 5.41) is 13.9. The predicted octanol–water partition coefficient (Wildman–Crippen LogP) is 7.13. The van der Waals surface area contributed by atoms with Crippen LogP contribution >= 0.6 is 0 Å². The first-order valence-corrected chi connectivity index (χ1v) is 14.0. The van der Waals surface area contributed by atoms with Crippen LogP contribution in [-0.2, 0) is 4.79 Å². The van der Waals surface area contributed by atoms with Gasteiger partial charge in [-0.1, -0.05) is 114 Å². The van der Waals surface area contributed by atoms with Gasteiger partial charge >= 0.3 is 0 Å². The second-order valence-corrected chi connectivity index (χ2v) is 9.98. The van der Waals surface area contributed by atoms with Gasteiger partial charge in [-0.3, -0.25) is 9.69 Å². The van der Waals surface area contributed by atoms with Crippen LogP contribution < -0.4 is 5.32 Å². The number of likely N-dealkylation sites (tertiary alicyclic amines) is 1. The Hall–Kier alpha value is -1.39. The van der Waals surface area contributed by atoms with Crippen molar-refractivity contribution >= 4 is 5.91 Å². The zero-order chi connectivity index (χ0) is 23.6. The maximum Gasteiger partial charge on any atom is 0.221 e. The molecule has 0 aliphatic carbocycles. The summed E-state index contributed by atoms with van der Waals surface area (Å²) in [5.41, 5.74) is 0.924. The Bertz CT molecular complexity index is 601. The lowest BCUT2D eigenvalue weighted by molar-refractivity contribution is -0.123. The Kier molecular flexibility index (Phi) is 15.2. The molecule has 1 aromatic carbocycles. The normalized spacial score (nSPS) is 16.1. The minimum atomic E-state index is -0.548. The molecule has 0 saturated carbocycles. The van der Waals surface area contributed by atoms with Gasteiger partial charge in [0.1, 0.15) is 0 Å². The average Bonchev–Trinajstić information content (AvgIpc) is 3.37. The van der Waals surface area contributed by atoms with Crippen LogP contribution in [0.15, 0.2) is 30.3 Å². The van der Waals surface area contributed by atoms with E-state index in [1.54, 1.807) is 0 Å². The van der Waals surface area contributed by atoms with Gasteiger partial charge in [0.05, 0.1) is 12.3 Å². The van der Waals surface area contributed by atoms with E-state index in [1.807, 2.05) is 30.3 Å². The Balaban J connectivity index is 1.54. The van der Waals surface area contributed by atoms with E-state index in [9.17, 15) is 9.90 Å². The number of carbonyl (C=O) groups is 1. The van der Waals surface area contributed by atoms with Crippen LogP contribution in [-0.4, -0.2) is 35.2 Å². The van der Waals surface area contributed by atoms with E-state index in [4.69, 9.17) is 0 Å². The molecule has 1 aliphatic heterocycles. The first-order valence-electron chi connectivity index (χ1n) is 14.0. The predicted molar refractivity (Wildman–Crippen MR) is 139 cm³/mol. The van der Waals surface area contributed by atoms with Gasteiger partial charge < -0.3 is 10.4 Å². The zero-order valence-corrected chi connectivity index (χ0v) is 21.3. The first-order chi connectivity index (χ1) is 16.2. The summed E-state index contributed by atoms with van der Waals surface area (Å²) in [6.45, 7) is 4.28. The molecule has 188 valence electrons. The van der Waals surface area contributed by atoms with E-state index in [0.717, 1.165) is 31.5 Å². The smallest absolute Gasteiger partial charge is 0.221 e. The van der Waals surface area contributed by atoms with Crippen LogP contribution in [0.1, 0.15) is 128 Å². The highest BCUT2D eigenvalue weighted by atomic mass is 16.3. The number of rotatable bonds is 19. The molecule has 0 aromatic heterocycles. The van der Waals surface area contributed by atoms with Crippen molar-refractivity contribution in [2.75, 3.05) is 13.1 Å². The molecule has 0 spiro atoms. The van der Waals surface area contributed by atoms with Crippen molar-refractivity contribution in [3.8, 4) is 0 Å². The fourth-order valence-corrected chi connectivity index (χ4v) is 4.94. The largest absolute Gasteiger partial charge is 0.388 e. The molecule has 1 saturated heterocycles. The summed E-state index contributed by atoms with van der Waals surface area (Å²) in [5.74, 6) is 0.134. The van der Waals surface area contributed by atoms with Crippen molar-refractivity contribution < 1.29 is 9.90 Å². The van der Waals surface area contributed by atoms with Crippen molar-refractivity contribution in [1.29, 1.82) is 0 Å². The molecule has 33 heavy (non-hydrogen) atoms. The van der Waals surface area contributed by atoms with Gasteiger partial charge in [-0.2, -0.15) is 0 Å². The second-order valence-electron chi connectivity index (χ2n) is 9.98. The van der Waals surface area contributed by atoms with Crippen LogP contribution in [0.2, 0.25) is 0 Å². The summed E-state index contributed by atoms with van der Waals surface area (Å²) in [7, 11) is 0. The summed E-state index contributed by atoms with van der Waals surface area (Å²) < 4.78 is 0. The van der Waals surface area contributed by atoms with Crippen LogP contribution in [0.25, 0.3) is 0 Å². The lowest BCUT2D eigenvalue weighted by atomic mass is 10.0. The van der Waals surface area contributed by atoms with Gasteiger partial charge in [0.25, 0.3) is 0 Å². The number of hydrogen-bond acceptors (Lipinski definition) is 3. The standard InChI is InChI=1S/C29H50N2O2/c1-2-3-4-5-6-7-8-9-10-11-12-13-17-22-29(33)30-28(31-23-18-19-24-31)25-27(32)26-20-15-14-16-21-26/h14-16,20-21,27-28,32H,2-13,17-19,22-25H2,1H3,(H,30,33). The number of hydrogen-bond donors (Lipinski definition) is 2. The van der Waals surface area contributed by atoms with Crippen LogP contribution in [0, 0.1) is 0 Å². The molecule has 4 nitrogen and oxygen atoms in total. The number of unbranched alkanes of at least 4 members (excludes halogenated alkanes) is 12. The van der Waals surface area contributed by atoms with Gasteiger partial charge in [-0.25, -0.2) is 0 Å². The third-order valence-electron chi connectivity index (χ3n) is 7.05. The molecule has 0 bridgehead atoms. The van der Waals surface area contributed by atoms with E-state index in [2.05, 4.69) is 17.1 Å². The van der Waals surface area contributed by atoms with Gasteiger partial charge in [0, 0.05) is 25.9 Å². The quantitative estimate of drug-likeness (QED) is 0.217. The molecule has 1 aliphatic rings. The molecule has 2 atom stereocenters. The Morgan fingerprint density at radius 2 is 1.36 bits per heavy atom. The third kappa shape index (κ3) is 12.6. The summed E-state index contributed by atoms with van der Waals surface area (Å²) in [6, 6.07) is 9.79. The summed E-state index contributed by atoms with van der Waals surface area (Å²) in [6.07, 6.45) is 20.0. The third-order valence-corrected chi connectivity index (χ3v) is 7.05. The number of nitrogens with one attached hydrogen (secondary N) is 1. The number of benzene rings is 1. The molecule has 4 heteroatoms. The molecule has 2 unspecified atom stereocenters. The molecule has 2 rings (SSSR count). The van der Waals surface area contributed by atoms with E-state index < -0.39 is 6.10 Å². The first kappa shape index (κ1) is 27.9. The number of aliphatic hydroxyl groups excluding tert-OH is 1. The topological polar surface area (TPSA) is 52.6 Å². The lowest BCUT2D eigenvalue weighted by Gasteiger charge is -2.30. The van der Waals surface area contributed by atoms with E-state index >= 15 is 0 Å². The van der Waals surface area contributed by atoms with Crippen LogP contribution in [0.3, 0.4) is 0 Å². The van der Waals surface area contributed by atoms with Crippen molar-refractivity contribution in [2.45, 2.75) is 128 Å². The number of nitrogens with zero attached hydrogens (tertiary/aromatic N) is 1. The molecule has 1 fully saturated rings. The van der Waals surface area contributed by atoms with Crippen LogP contribution in [0.4, 0.5) is 0 Å². The SMILES string of the molecule is CCCCCCCCCCCCCCCC(=O)NC(CC(O)c1ccccc1)N1CCCC1. The average molecular weight is 459 g/mol. The molecule has 1 aromatic rings. The fourth-order valence-electron chi connectivity index (χ4n) is 4.94. The number of carbonyl (C=O) groups excluding carboxylic acids is 1. The van der Waals surface area contributed by atoms with Crippen molar-refractivity contribution in [1.82, 2.24) is 10.2 Å². The molecule has 0 radical (unpaired) electrons. The van der Waals surface area contributed by atoms with Crippen molar-refractivity contribution in [3.63, 3.8) is 0 Å². The van der Waals surface area contributed by atoms with Crippen molar-refractivity contribution in [2.24, 2.45) is 0 Å². The van der Waals surface area contributed by atoms with Gasteiger partial charge in [-0.05, 0) is 24.8 Å². The molecule has 1 heterocycles. The van der Waals surface area contributed by atoms with E-state index in [-0.39, 0.29) is 12.1 Å². The highest BCUT2D eigenvalue weighted by Crippen LogP contribution is 2.22. The van der Waals surface area contributed by atoms with E-state index in [1.165, 1.54) is 83.5 Å². The maximum absolute atomic E-state index is 12.6.